The van der Waals surface area contributed by atoms with Crippen LogP contribution in [0.5, 0.6) is 5.75 Å². The highest BCUT2D eigenvalue weighted by atomic mass is 16.4. The third-order valence-electron chi connectivity index (χ3n) is 6.16. The highest BCUT2D eigenvalue weighted by molar-refractivity contribution is 6.00. The van der Waals surface area contributed by atoms with E-state index >= 15 is 0 Å². The van der Waals surface area contributed by atoms with Crippen molar-refractivity contribution in [1.29, 1.82) is 0 Å². The molecule has 4 N–H and O–H groups in total. The van der Waals surface area contributed by atoms with Crippen molar-refractivity contribution in [3.8, 4) is 5.75 Å². The van der Waals surface area contributed by atoms with Gasteiger partial charge in [-0.25, -0.2) is 9.59 Å². The Kier molecular flexibility index (Phi) is 8.59. The van der Waals surface area contributed by atoms with E-state index in [0.29, 0.717) is 22.6 Å². The second kappa shape index (κ2) is 12.4. The number of carbonyl (C=O) groups is 4. The summed E-state index contributed by atoms with van der Waals surface area (Å²) in [4.78, 5) is 48.7. The third kappa shape index (κ3) is 7.24. The third-order valence-corrected chi connectivity index (χ3v) is 6.16. The van der Waals surface area contributed by atoms with E-state index in [1.54, 1.807) is 78.9 Å². The summed E-state index contributed by atoms with van der Waals surface area (Å²) in [6.07, 6.45) is 3.62. The van der Waals surface area contributed by atoms with Crippen LogP contribution in [0.15, 0.2) is 91.0 Å². The highest BCUT2D eigenvalue weighted by Crippen LogP contribution is 2.27. The maximum atomic E-state index is 12.6. The molecule has 0 unspecified atom stereocenters. The zero-order valence-electron chi connectivity index (χ0n) is 21.9. The van der Waals surface area contributed by atoms with Crippen molar-refractivity contribution in [3.63, 3.8) is 0 Å². The first-order chi connectivity index (χ1) is 19.6. The van der Waals surface area contributed by atoms with Crippen molar-refractivity contribution >= 4 is 53.0 Å². The van der Waals surface area contributed by atoms with Crippen LogP contribution < -0.4 is 10.2 Å². The zero-order valence-corrected chi connectivity index (χ0v) is 21.9. The van der Waals surface area contributed by atoms with Crippen molar-refractivity contribution in [1.82, 2.24) is 0 Å². The molecule has 0 bridgehead atoms. The number of amides is 2. The van der Waals surface area contributed by atoms with Gasteiger partial charge in [0, 0.05) is 24.0 Å². The number of nitrogens with one attached hydrogen (secondary N) is 1. The number of hydrogen-bond donors (Lipinski definition) is 4. The van der Waals surface area contributed by atoms with E-state index in [1.807, 2.05) is 0 Å². The largest absolute Gasteiger partial charge is 0.507 e. The lowest BCUT2D eigenvalue weighted by Gasteiger charge is -2.21. The smallest absolute Gasteiger partial charge is 0.339 e. The topological polar surface area (TPSA) is 144 Å². The molecule has 0 spiro atoms. The summed E-state index contributed by atoms with van der Waals surface area (Å²) in [7, 11) is 0. The number of aromatic hydroxyl groups is 1. The summed E-state index contributed by atoms with van der Waals surface area (Å²) in [6, 6.07) is 24.4. The molecule has 0 saturated heterocycles. The van der Waals surface area contributed by atoms with Gasteiger partial charge < -0.3 is 20.6 Å². The van der Waals surface area contributed by atoms with Crippen LogP contribution in [0, 0.1) is 0 Å². The molecule has 0 aliphatic rings. The molecule has 0 saturated carbocycles. The highest BCUT2D eigenvalue weighted by Gasteiger charge is 2.15. The second-order valence-electron chi connectivity index (χ2n) is 9.13. The van der Waals surface area contributed by atoms with Crippen molar-refractivity contribution in [2.24, 2.45) is 0 Å². The van der Waals surface area contributed by atoms with Crippen LogP contribution in [0.3, 0.4) is 0 Å². The average molecular weight is 551 g/mol. The number of carbonyl (C=O) groups excluding carboxylic acids is 2. The van der Waals surface area contributed by atoms with Crippen LogP contribution in [0.25, 0.3) is 12.2 Å². The van der Waals surface area contributed by atoms with Crippen LogP contribution in [-0.4, -0.2) is 39.1 Å². The molecule has 9 heteroatoms. The molecule has 4 aromatic carbocycles. The molecular weight excluding hydrogens is 524 g/mol. The number of aromatic carboxylic acids is 2. The normalized spacial score (nSPS) is 10.8. The first kappa shape index (κ1) is 28.3. The van der Waals surface area contributed by atoms with Crippen LogP contribution in [0.4, 0.5) is 17.1 Å². The Morgan fingerprint density at radius 1 is 0.732 bits per heavy atom. The summed E-state index contributed by atoms with van der Waals surface area (Å²) in [5.74, 6) is -3.03. The van der Waals surface area contributed by atoms with E-state index in [9.17, 15) is 24.3 Å². The molecule has 41 heavy (non-hydrogen) atoms. The number of phenols is 1. The monoisotopic (exact) mass is 550 g/mol. The minimum absolute atomic E-state index is 0.113. The summed E-state index contributed by atoms with van der Waals surface area (Å²) in [6.45, 7) is 1.41. The van der Waals surface area contributed by atoms with Gasteiger partial charge in [0.15, 0.2) is 0 Å². The number of carboxylic acid groups (broad SMARTS) is 2. The van der Waals surface area contributed by atoms with Gasteiger partial charge in [0.1, 0.15) is 11.3 Å². The fourth-order valence-electron chi connectivity index (χ4n) is 4.12. The molecule has 0 fully saturated rings. The molecule has 206 valence electrons. The molecule has 4 aromatic rings. The van der Waals surface area contributed by atoms with Gasteiger partial charge in [-0.15, -0.1) is 0 Å². The quantitative estimate of drug-likeness (QED) is 0.192. The minimum Gasteiger partial charge on any atom is -0.507 e. The maximum Gasteiger partial charge on any atom is 0.339 e. The van der Waals surface area contributed by atoms with Gasteiger partial charge in [0.2, 0.25) is 11.8 Å². The van der Waals surface area contributed by atoms with E-state index < -0.39 is 11.9 Å². The van der Waals surface area contributed by atoms with Gasteiger partial charge in [-0.1, -0.05) is 42.5 Å². The Bertz CT molecular complexity index is 1620. The van der Waals surface area contributed by atoms with Crippen LogP contribution in [0.1, 0.15) is 44.3 Å². The van der Waals surface area contributed by atoms with Gasteiger partial charge in [-0.05, 0) is 77.4 Å². The minimum atomic E-state index is -1.21. The van der Waals surface area contributed by atoms with Gasteiger partial charge in [0.25, 0.3) is 0 Å². The average Bonchev–Trinajstić information content (AvgIpc) is 2.94. The molecule has 0 atom stereocenters. The van der Waals surface area contributed by atoms with Gasteiger partial charge in [-0.3, -0.25) is 14.5 Å². The van der Waals surface area contributed by atoms with E-state index in [2.05, 4.69) is 5.32 Å². The predicted octanol–water partition coefficient (Wildman–Crippen LogP) is 5.82. The first-order valence-electron chi connectivity index (χ1n) is 12.5. The number of benzene rings is 4. The van der Waals surface area contributed by atoms with Gasteiger partial charge in [-0.2, -0.15) is 0 Å². The fourth-order valence-corrected chi connectivity index (χ4v) is 4.12. The second-order valence-corrected chi connectivity index (χ2v) is 9.13. The Labute approximate surface area is 235 Å². The lowest BCUT2D eigenvalue weighted by molar-refractivity contribution is -0.116. The number of nitrogens with zero attached hydrogens (tertiary/aromatic N) is 1. The molecule has 0 heterocycles. The summed E-state index contributed by atoms with van der Waals surface area (Å²) in [5.41, 5.74) is 3.85. The molecule has 2 amide bonds. The van der Waals surface area contributed by atoms with Crippen LogP contribution in [0.2, 0.25) is 0 Å². The standard InChI is InChI=1S/C32H26N2O7/c1-20(35)34(27-15-9-24(10-16-27)31(38)39)26-13-6-23(7-14-26)19-30(37)33-25-11-4-21(5-12-25)2-3-22-8-17-29(36)28(18-22)32(40)41/h2-18,36H,19H2,1H3,(H,33,37)(H,38,39)(H,40,41). The van der Waals surface area contributed by atoms with Crippen molar-refractivity contribution in [2.45, 2.75) is 13.3 Å². The number of carboxylic acids is 2. The molecule has 9 nitrogen and oxygen atoms in total. The molecule has 0 radical (unpaired) electrons. The number of anilines is 3. The van der Waals surface area contributed by atoms with E-state index in [0.717, 1.165) is 11.1 Å². The zero-order chi connectivity index (χ0) is 29.5. The molecular formula is C32H26N2O7. The van der Waals surface area contributed by atoms with Crippen LogP contribution >= 0.6 is 0 Å². The van der Waals surface area contributed by atoms with Crippen molar-refractivity contribution in [2.75, 3.05) is 10.2 Å². The molecule has 0 aromatic heterocycles. The van der Waals surface area contributed by atoms with Gasteiger partial charge in [0.05, 0.1) is 12.0 Å². The Morgan fingerprint density at radius 2 is 1.29 bits per heavy atom. The fraction of sp³-hybridized carbons (Fsp3) is 0.0625. The van der Waals surface area contributed by atoms with Crippen molar-refractivity contribution in [3.05, 3.63) is 119 Å². The molecule has 4 rings (SSSR count). The summed E-state index contributed by atoms with van der Waals surface area (Å²) < 4.78 is 0. The Balaban J connectivity index is 1.36. The first-order valence-corrected chi connectivity index (χ1v) is 12.5. The van der Waals surface area contributed by atoms with Crippen LogP contribution in [-0.2, 0) is 16.0 Å². The Hall–Kier alpha value is -5.70. The maximum absolute atomic E-state index is 12.6. The molecule has 0 aliphatic heterocycles. The number of rotatable bonds is 9. The van der Waals surface area contributed by atoms with Crippen molar-refractivity contribution < 1.29 is 34.5 Å². The van der Waals surface area contributed by atoms with E-state index in [-0.39, 0.29) is 35.1 Å². The molecule has 0 aliphatic carbocycles. The van der Waals surface area contributed by atoms with E-state index in [4.69, 9.17) is 10.2 Å². The summed E-state index contributed by atoms with van der Waals surface area (Å²) >= 11 is 0. The lowest BCUT2D eigenvalue weighted by atomic mass is 10.1. The Morgan fingerprint density at radius 3 is 1.85 bits per heavy atom. The van der Waals surface area contributed by atoms with Gasteiger partial charge >= 0.3 is 11.9 Å². The summed E-state index contributed by atoms with van der Waals surface area (Å²) in [5, 5.41) is 30.7. The van der Waals surface area contributed by atoms with E-state index in [1.165, 1.54) is 36.1 Å². The lowest BCUT2D eigenvalue weighted by Crippen LogP contribution is -2.22. The number of hydrogen-bond acceptors (Lipinski definition) is 5. The SMILES string of the molecule is CC(=O)N(c1ccc(CC(=O)Nc2ccc(C=Cc3ccc(O)c(C(=O)O)c3)cc2)cc1)c1ccc(C(=O)O)cc1. The predicted molar refractivity (Wildman–Crippen MR) is 155 cm³/mol.